The zero-order valence-corrected chi connectivity index (χ0v) is 17.9. The summed E-state index contributed by atoms with van der Waals surface area (Å²) in [5.74, 6) is -3.38. The lowest BCUT2D eigenvalue weighted by atomic mass is 10.2. The van der Waals surface area contributed by atoms with Crippen molar-refractivity contribution in [1.82, 2.24) is 0 Å². The first-order chi connectivity index (χ1) is 15.6. The van der Waals surface area contributed by atoms with Crippen molar-refractivity contribution in [2.75, 3.05) is 0 Å². The number of hydrogen-bond donors (Lipinski definition) is 0. The predicted octanol–water partition coefficient (Wildman–Crippen LogP) is 7.63. The molecule has 0 N–H and O–H groups in total. The summed E-state index contributed by atoms with van der Waals surface area (Å²) in [5.41, 5.74) is -1.37. The Hall–Kier alpha value is -3.23. The normalized spacial score (nSPS) is 11.6. The standard InChI is InChI=1S/C23H12Cl2F4O4/c24-15-5-3-6-17(26)14(15)11-31-12-8-9-13-19(10-12)33-22(23(27,28)29)21(20(13)30)32-18-7-2-1-4-16(18)25/h1-10H,11H2. The minimum atomic E-state index is -5.04. The maximum absolute atomic E-state index is 13.9. The van der Waals surface area contributed by atoms with E-state index in [2.05, 4.69) is 0 Å². The van der Waals surface area contributed by atoms with Crippen molar-refractivity contribution in [3.63, 3.8) is 0 Å². The number of fused-ring (bicyclic) bond motifs is 1. The molecule has 4 aromatic rings. The smallest absolute Gasteiger partial charge is 0.453 e. The lowest BCUT2D eigenvalue weighted by Gasteiger charge is -2.14. The highest BCUT2D eigenvalue weighted by Gasteiger charge is 2.40. The zero-order chi connectivity index (χ0) is 23.8. The Kier molecular flexibility index (Phi) is 6.23. The van der Waals surface area contributed by atoms with Gasteiger partial charge in [-0.1, -0.05) is 41.4 Å². The molecule has 0 saturated carbocycles. The maximum atomic E-state index is 13.9. The number of para-hydroxylation sites is 1. The highest BCUT2D eigenvalue weighted by Crippen LogP contribution is 2.40. The van der Waals surface area contributed by atoms with E-state index in [0.29, 0.717) is 0 Å². The molecule has 0 bridgehead atoms. The molecule has 0 aliphatic carbocycles. The molecule has 0 atom stereocenters. The van der Waals surface area contributed by atoms with Crippen LogP contribution in [0, 0.1) is 5.82 Å². The molecule has 0 saturated heterocycles. The van der Waals surface area contributed by atoms with E-state index in [1.807, 2.05) is 0 Å². The second kappa shape index (κ2) is 8.96. The van der Waals surface area contributed by atoms with Crippen LogP contribution in [0.15, 0.2) is 69.9 Å². The van der Waals surface area contributed by atoms with E-state index in [-0.39, 0.29) is 39.1 Å². The molecule has 0 spiro atoms. The molecule has 1 aromatic heterocycles. The Morgan fingerprint density at radius 1 is 0.939 bits per heavy atom. The third-order valence-corrected chi connectivity index (χ3v) is 5.24. The maximum Gasteiger partial charge on any atom is 0.453 e. The van der Waals surface area contributed by atoms with Gasteiger partial charge in [0.1, 0.15) is 29.5 Å². The number of rotatable bonds is 5. The fourth-order valence-corrected chi connectivity index (χ4v) is 3.38. The van der Waals surface area contributed by atoms with Gasteiger partial charge in [0.15, 0.2) is 0 Å². The summed E-state index contributed by atoms with van der Waals surface area (Å²) in [7, 11) is 0. The average molecular weight is 499 g/mol. The second-order valence-corrected chi connectivity index (χ2v) is 7.58. The third kappa shape index (κ3) is 4.77. The first kappa shape index (κ1) is 22.9. The molecule has 0 amide bonds. The summed E-state index contributed by atoms with van der Waals surface area (Å²) in [6.45, 7) is -0.291. The number of ether oxygens (including phenoxy) is 2. The zero-order valence-electron chi connectivity index (χ0n) is 16.4. The second-order valence-electron chi connectivity index (χ2n) is 6.77. The van der Waals surface area contributed by atoms with Crippen molar-refractivity contribution in [3.05, 3.63) is 98.1 Å². The lowest BCUT2D eigenvalue weighted by Crippen LogP contribution is -2.15. The molecule has 0 aliphatic heterocycles. The summed E-state index contributed by atoms with van der Waals surface area (Å²) in [6, 6.07) is 13.5. The number of benzene rings is 3. The van der Waals surface area contributed by atoms with Gasteiger partial charge in [-0.05, 0) is 36.4 Å². The predicted molar refractivity (Wildman–Crippen MR) is 115 cm³/mol. The van der Waals surface area contributed by atoms with Gasteiger partial charge in [-0.15, -0.1) is 0 Å². The molecule has 4 nitrogen and oxygen atoms in total. The molecule has 4 rings (SSSR count). The fraction of sp³-hybridized carbons (Fsp3) is 0.0870. The van der Waals surface area contributed by atoms with Gasteiger partial charge in [0.2, 0.25) is 11.2 Å². The average Bonchev–Trinajstić information content (AvgIpc) is 2.75. The molecule has 0 fully saturated rings. The minimum absolute atomic E-state index is 0.0145. The van der Waals surface area contributed by atoms with Crippen LogP contribution in [0.4, 0.5) is 17.6 Å². The summed E-state index contributed by atoms with van der Waals surface area (Å²) >= 11 is 11.9. The molecule has 3 aromatic carbocycles. The number of hydrogen-bond acceptors (Lipinski definition) is 4. The summed E-state index contributed by atoms with van der Waals surface area (Å²) in [4.78, 5) is 12.9. The Morgan fingerprint density at radius 3 is 2.36 bits per heavy atom. The van der Waals surface area contributed by atoms with Gasteiger partial charge >= 0.3 is 6.18 Å². The van der Waals surface area contributed by atoms with Crippen LogP contribution in [0.2, 0.25) is 10.0 Å². The van der Waals surface area contributed by atoms with Gasteiger partial charge in [0, 0.05) is 11.6 Å². The van der Waals surface area contributed by atoms with E-state index in [0.717, 1.165) is 6.07 Å². The summed E-state index contributed by atoms with van der Waals surface area (Å²) < 4.78 is 70.7. The van der Waals surface area contributed by atoms with E-state index < -0.39 is 34.5 Å². The summed E-state index contributed by atoms with van der Waals surface area (Å²) in [6.07, 6.45) is -5.04. The fourth-order valence-electron chi connectivity index (χ4n) is 2.99. The van der Waals surface area contributed by atoms with Crippen LogP contribution in [0.5, 0.6) is 17.2 Å². The van der Waals surface area contributed by atoms with Crippen LogP contribution in [0.3, 0.4) is 0 Å². The molecule has 0 radical (unpaired) electrons. The van der Waals surface area contributed by atoms with Crippen LogP contribution in [-0.4, -0.2) is 0 Å². The van der Waals surface area contributed by atoms with Crippen LogP contribution < -0.4 is 14.9 Å². The molecule has 0 unspecified atom stereocenters. The van der Waals surface area contributed by atoms with E-state index >= 15 is 0 Å². The molecule has 10 heteroatoms. The SMILES string of the molecule is O=c1c(Oc2ccccc2Cl)c(C(F)(F)F)oc2cc(OCc3c(F)cccc3Cl)ccc12. The first-order valence-electron chi connectivity index (χ1n) is 9.31. The van der Waals surface area contributed by atoms with Gasteiger partial charge in [-0.3, -0.25) is 4.79 Å². The van der Waals surface area contributed by atoms with Crippen molar-refractivity contribution in [2.45, 2.75) is 12.8 Å². The van der Waals surface area contributed by atoms with Crippen molar-refractivity contribution < 1.29 is 31.5 Å². The van der Waals surface area contributed by atoms with E-state index in [1.165, 1.54) is 48.5 Å². The van der Waals surface area contributed by atoms with Crippen LogP contribution in [0.1, 0.15) is 11.3 Å². The Balaban J connectivity index is 1.75. The van der Waals surface area contributed by atoms with Crippen LogP contribution >= 0.6 is 23.2 Å². The molecule has 33 heavy (non-hydrogen) atoms. The monoisotopic (exact) mass is 498 g/mol. The van der Waals surface area contributed by atoms with Crippen molar-refractivity contribution in [1.29, 1.82) is 0 Å². The van der Waals surface area contributed by atoms with Crippen molar-refractivity contribution in [2.24, 2.45) is 0 Å². The Morgan fingerprint density at radius 2 is 1.67 bits per heavy atom. The molecule has 170 valence electrons. The first-order valence-corrected chi connectivity index (χ1v) is 10.1. The van der Waals surface area contributed by atoms with Crippen molar-refractivity contribution >= 4 is 34.2 Å². The molecule has 1 heterocycles. The largest absolute Gasteiger partial charge is 0.489 e. The third-order valence-electron chi connectivity index (χ3n) is 4.57. The Bertz CT molecular complexity index is 1380. The topological polar surface area (TPSA) is 48.7 Å². The van der Waals surface area contributed by atoms with Gasteiger partial charge < -0.3 is 13.9 Å². The number of alkyl halides is 3. The molecule has 0 aliphatic rings. The van der Waals surface area contributed by atoms with Crippen molar-refractivity contribution in [3.8, 4) is 17.2 Å². The highest BCUT2D eigenvalue weighted by atomic mass is 35.5. The van der Waals surface area contributed by atoms with Gasteiger partial charge in [-0.2, -0.15) is 13.2 Å². The van der Waals surface area contributed by atoms with Crippen LogP contribution in [0.25, 0.3) is 11.0 Å². The van der Waals surface area contributed by atoms with E-state index in [1.54, 1.807) is 6.07 Å². The summed E-state index contributed by atoms with van der Waals surface area (Å²) in [5, 5.41) is -0.0370. The minimum Gasteiger partial charge on any atom is -0.489 e. The lowest BCUT2D eigenvalue weighted by molar-refractivity contribution is -0.154. The van der Waals surface area contributed by atoms with Gasteiger partial charge in [0.25, 0.3) is 5.76 Å². The van der Waals surface area contributed by atoms with E-state index in [4.69, 9.17) is 37.1 Å². The molecular formula is C23H12Cl2F4O4. The Labute approximate surface area is 193 Å². The quantitative estimate of drug-likeness (QED) is 0.265. The van der Waals surface area contributed by atoms with Gasteiger partial charge in [0.05, 0.1) is 15.4 Å². The van der Waals surface area contributed by atoms with Gasteiger partial charge in [-0.25, -0.2) is 4.39 Å². The van der Waals surface area contributed by atoms with E-state index in [9.17, 15) is 22.4 Å². The van der Waals surface area contributed by atoms with Crippen LogP contribution in [-0.2, 0) is 12.8 Å². The number of halogens is 6. The molecular weight excluding hydrogens is 487 g/mol. The highest BCUT2D eigenvalue weighted by molar-refractivity contribution is 6.32.